The van der Waals surface area contributed by atoms with Crippen LogP contribution in [0.3, 0.4) is 0 Å². The quantitative estimate of drug-likeness (QED) is 0.739. The summed E-state index contributed by atoms with van der Waals surface area (Å²) in [7, 11) is 0. The largest absolute Gasteiger partial charge is 0.0916 e. The molecule has 0 N–H and O–H groups in total. The highest BCUT2D eigenvalue weighted by atomic mass is 79.9. The van der Waals surface area contributed by atoms with Crippen LogP contribution in [-0.2, 0) is 6.42 Å². The molecule has 12 heavy (non-hydrogen) atoms. The van der Waals surface area contributed by atoms with Gasteiger partial charge in [-0.15, -0.1) is 0 Å². The number of hydrogen-bond donors (Lipinski definition) is 0. The van der Waals surface area contributed by atoms with E-state index in [9.17, 15) is 0 Å². The summed E-state index contributed by atoms with van der Waals surface area (Å²) in [5.41, 5.74) is 1.31. The highest BCUT2D eigenvalue weighted by Crippen LogP contribution is 2.15. The van der Waals surface area contributed by atoms with Gasteiger partial charge in [0.1, 0.15) is 0 Å². The normalized spacial score (nSPS) is 12.9. The van der Waals surface area contributed by atoms with Crippen LogP contribution in [0.15, 0.2) is 24.3 Å². The number of alkyl halides is 2. The summed E-state index contributed by atoms with van der Waals surface area (Å²) in [6, 6.07) is 7.95. The third kappa shape index (κ3) is 3.46. The van der Waals surface area contributed by atoms with Gasteiger partial charge < -0.3 is 0 Å². The van der Waals surface area contributed by atoms with Gasteiger partial charge in [-0.25, -0.2) is 0 Å². The molecule has 1 aromatic carbocycles. The van der Waals surface area contributed by atoms with E-state index in [0.717, 1.165) is 16.8 Å². The Kier molecular flexibility index (Phi) is 4.62. The molecule has 0 spiro atoms. The maximum atomic E-state index is 5.76. The molecular formula is C9H9Br2Cl. The molecule has 0 aliphatic carbocycles. The lowest BCUT2D eigenvalue weighted by Crippen LogP contribution is -2.03. The lowest BCUT2D eigenvalue weighted by Gasteiger charge is -2.05. The maximum Gasteiger partial charge on any atom is 0.0406 e. The van der Waals surface area contributed by atoms with Crippen LogP contribution in [0.1, 0.15) is 5.56 Å². The molecule has 0 aromatic heterocycles. The van der Waals surface area contributed by atoms with Gasteiger partial charge in [-0.05, 0) is 24.1 Å². The monoisotopic (exact) mass is 310 g/mol. The van der Waals surface area contributed by atoms with Crippen molar-refractivity contribution in [3.8, 4) is 0 Å². The summed E-state index contributed by atoms with van der Waals surface area (Å²) in [4.78, 5) is 0.499. The van der Waals surface area contributed by atoms with E-state index >= 15 is 0 Å². The first-order valence-electron chi connectivity index (χ1n) is 3.67. The summed E-state index contributed by atoms with van der Waals surface area (Å²) in [6.45, 7) is 0. The molecule has 0 fully saturated rings. The van der Waals surface area contributed by atoms with Gasteiger partial charge >= 0.3 is 0 Å². The molecular weight excluding hydrogens is 303 g/mol. The highest BCUT2D eigenvalue weighted by Gasteiger charge is 2.02. The highest BCUT2D eigenvalue weighted by molar-refractivity contribution is 9.12. The zero-order valence-electron chi connectivity index (χ0n) is 6.43. The predicted molar refractivity (Wildman–Crippen MR) is 61.7 cm³/mol. The first kappa shape index (κ1) is 10.6. The Morgan fingerprint density at radius 3 is 2.33 bits per heavy atom. The lowest BCUT2D eigenvalue weighted by atomic mass is 10.1. The summed E-state index contributed by atoms with van der Waals surface area (Å²) < 4.78 is 0. The molecule has 0 saturated carbocycles. The van der Waals surface area contributed by atoms with Gasteiger partial charge in [0.25, 0.3) is 0 Å². The van der Waals surface area contributed by atoms with Crippen molar-refractivity contribution in [2.24, 2.45) is 0 Å². The fraction of sp³-hybridized carbons (Fsp3) is 0.333. The Hall–Kier alpha value is 0.470. The smallest absolute Gasteiger partial charge is 0.0406 e. The van der Waals surface area contributed by atoms with E-state index in [1.165, 1.54) is 5.56 Å². The summed E-state index contributed by atoms with van der Waals surface area (Å²) in [5, 5.41) is 1.76. The molecule has 1 unspecified atom stereocenters. The Morgan fingerprint density at radius 1 is 1.25 bits per heavy atom. The Morgan fingerprint density at radius 2 is 1.83 bits per heavy atom. The maximum absolute atomic E-state index is 5.76. The van der Waals surface area contributed by atoms with Crippen LogP contribution in [0.4, 0.5) is 0 Å². The van der Waals surface area contributed by atoms with Crippen LogP contribution in [0.2, 0.25) is 5.02 Å². The van der Waals surface area contributed by atoms with Crippen molar-refractivity contribution in [1.29, 1.82) is 0 Å². The minimum atomic E-state index is 0.499. The number of rotatable bonds is 3. The minimum Gasteiger partial charge on any atom is -0.0916 e. The van der Waals surface area contributed by atoms with E-state index in [-0.39, 0.29) is 0 Å². The Bertz CT molecular complexity index is 233. The molecule has 0 bridgehead atoms. The van der Waals surface area contributed by atoms with E-state index in [2.05, 4.69) is 44.0 Å². The second kappa shape index (κ2) is 5.25. The van der Waals surface area contributed by atoms with Crippen LogP contribution < -0.4 is 0 Å². The molecule has 66 valence electrons. The van der Waals surface area contributed by atoms with Crippen molar-refractivity contribution < 1.29 is 0 Å². The van der Waals surface area contributed by atoms with Gasteiger partial charge in [0.05, 0.1) is 0 Å². The van der Waals surface area contributed by atoms with Crippen LogP contribution >= 0.6 is 43.5 Å². The molecule has 0 aliphatic heterocycles. The van der Waals surface area contributed by atoms with Crippen molar-refractivity contribution in [2.75, 3.05) is 5.33 Å². The Labute approximate surface area is 94.6 Å². The van der Waals surface area contributed by atoms with Crippen LogP contribution in [-0.4, -0.2) is 10.2 Å². The number of halogens is 3. The molecule has 0 nitrogen and oxygen atoms in total. The van der Waals surface area contributed by atoms with Crippen molar-refractivity contribution in [3.63, 3.8) is 0 Å². The average Bonchev–Trinajstić information content (AvgIpc) is 2.09. The summed E-state index contributed by atoms with van der Waals surface area (Å²) in [6.07, 6.45) is 1.03. The SMILES string of the molecule is Clc1ccc(CC(Br)CBr)cc1. The summed E-state index contributed by atoms with van der Waals surface area (Å²) >= 11 is 12.7. The van der Waals surface area contributed by atoms with Crippen LogP contribution in [0.5, 0.6) is 0 Å². The molecule has 1 rings (SSSR count). The number of benzene rings is 1. The van der Waals surface area contributed by atoms with Crippen molar-refractivity contribution in [2.45, 2.75) is 11.2 Å². The van der Waals surface area contributed by atoms with Crippen molar-refractivity contribution in [3.05, 3.63) is 34.9 Å². The zero-order chi connectivity index (χ0) is 8.97. The average molecular weight is 312 g/mol. The molecule has 0 saturated heterocycles. The van der Waals surface area contributed by atoms with Gasteiger partial charge in [-0.1, -0.05) is 55.6 Å². The second-order valence-electron chi connectivity index (χ2n) is 2.58. The molecule has 1 atom stereocenters. The zero-order valence-corrected chi connectivity index (χ0v) is 10.4. The van der Waals surface area contributed by atoms with Crippen molar-refractivity contribution >= 4 is 43.5 Å². The van der Waals surface area contributed by atoms with E-state index < -0.39 is 0 Å². The standard InChI is InChI=1S/C9H9Br2Cl/c10-6-8(11)5-7-1-3-9(12)4-2-7/h1-4,8H,5-6H2. The van der Waals surface area contributed by atoms with Crippen molar-refractivity contribution in [1.82, 2.24) is 0 Å². The van der Waals surface area contributed by atoms with Gasteiger partial charge in [0, 0.05) is 15.2 Å². The summed E-state index contributed by atoms with van der Waals surface area (Å²) in [5.74, 6) is 0. The van der Waals surface area contributed by atoms with Crippen LogP contribution in [0.25, 0.3) is 0 Å². The number of hydrogen-bond acceptors (Lipinski definition) is 0. The lowest BCUT2D eigenvalue weighted by molar-refractivity contribution is 0.977. The van der Waals surface area contributed by atoms with Gasteiger partial charge in [-0.3, -0.25) is 0 Å². The molecule has 1 aromatic rings. The molecule has 3 heteroatoms. The molecule has 0 heterocycles. The van der Waals surface area contributed by atoms with Crippen LogP contribution in [0, 0.1) is 0 Å². The van der Waals surface area contributed by atoms with Gasteiger partial charge in [-0.2, -0.15) is 0 Å². The fourth-order valence-corrected chi connectivity index (χ4v) is 1.66. The van der Waals surface area contributed by atoms with Gasteiger partial charge in [0.15, 0.2) is 0 Å². The molecule has 0 aliphatic rings. The third-order valence-electron chi connectivity index (χ3n) is 1.54. The first-order valence-corrected chi connectivity index (χ1v) is 6.08. The van der Waals surface area contributed by atoms with E-state index in [1.54, 1.807) is 0 Å². The van der Waals surface area contributed by atoms with E-state index in [4.69, 9.17) is 11.6 Å². The van der Waals surface area contributed by atoms with E-state index in [1.807, 2.05) is 12.1 Å². The first-order chi connectivity index (χ1) is 5.72. The minimum absolute atomic E-state index is 0.499. The topological polar surface area (TPSA) is 0 Å². The van der Waals surface area contributed by atoms with E-state index in [0.29, 0.717) is 4.83 Å². The van der Waals surface area contributed by atoms with Gasteiger partial charge in [0.2, 0.25) is 0 Å². The second-order valence-corrected chi connectivity index (χ2v) is 4.96. The Balaban J connectivity index is 2.58. The molecule has 0 radical (unpaired) electrons. The predicted octanol–water partition coefficient (Wildman–Crippen LogP) is 4.04. The third-order valence-corrected chi connectivity index (χ3v) is 4.09. The molecule has 0 amide bonds. The fourth-order valence-electron chi connectivity index (χ4n) is 0.931.